The highest BCUT2D eigenvalue weighted by molar-refractivity contribution is 7.90. The van der Waals surface area contributed by atoms with Gasteiger partial charge in [-0.1, -0.05) is 0 Å². The summed E-state index contributed by atoms with van der Waals surface area (Å²) < 4.78 is 24.9. The molecule has 0 bridgehead atoms. The quantitative estimate of drug-likeness (QED) is 0.705. The minimum absolute atomic E-state index is 0.0414. The summed E-state index contributed by atoms with van der Waals surface area (Å²) in [6, 6.07) is 0.267. The Morgan fingerprint density at radius 1 is 1.47 bits per heavy atom. The van der Waals surface area contributed by atoms with Crippen molar-refractivity contribution in [2.24, 2.45) is 0 Å². The van der Waals surface area contributed by atoms with E-state index in [0.29, 0.717) is 17.9 Å². The molecule has 3 N–H and O–H groups in total. The predicted octanol–water partition coefficient (Wildman–Crippen LogP) is -0.529. The first kappa shape index (κ1) is 11.0. The lowest BCUT2D eigenvalue weighted by atomic mass is 10.2. The van der Waals surface area contributed by atoms with Gasteiger partial charge >= 0.3 is 0 Å². The number of nitrogens with two attached hydrogens (primary N) is 1. The van der Waals surface area contributed by atoms with Gasteiger partial charge in [0.2, 0.25) is 0 Å². The summed E-state index contributed by atoms with van der Waals surface area (Å²) in [6.45, 7) is 1.82. The molecule has 94 valence electrons. The molecule has 2 aliphatic rings. The molecule has 2 aliphatic heterocycles. The van der Waals surface area contributed by atoms with Crippen molar-refractivity contribution >= 4 is 15.7 Å². The van der Waals surface area contributed by atoms with Crippen LogP contribution >= 0.6 is 0 Å². The van der Waals surface area contributed by atoms with Gasteiger partial charge in [-0.2, -0.15) is 5.10 Å². The average Bonchev–Trinajstić information content (AvgIpc) is 2.85. The van der Waals surface area contributed by atoms with Gasteiger partial charge in [-0.05, 0) is 19.4 Å². The number of nitrogen functional groups attached to an aromatic ring is 1. The maximum absolute atomic E-state index is 11.6. The number of sulfone groups is 1. The highest BCUT2D eigenvalue weighted by Crippen LogP contribution is 2.28. The third kappa shape index (κ3) is 1.83. The van der Waals surface area contributed by atoms with Crippen molar-refractivity contribution in [3.8, 4) is 0 Å². The Morgan fingerprint density at radius 3 is 3.00 bits per heavy atom. The van der Waals surface area contributed by atoms with Gasteiger partial charge in [0.25, 0.3) is 0 Å². The third-order valence-electron chi connectivity index (χ3n) is 3.53. The van der Waals surface area contributed by atoms with E-state index >= 15 is 0 Å². The number of anilines is 1. The van der Waals surface area contributed by atoms with Crippen molar-refractivity contribution in [2.45, 2.75) is 24.6 Å². The zero-order valence-corrected chi connectivity index (χ0v) is 10.3. The van der Waals surface area contributed by atoms with Crippen LogP contribution in [-0.2, 0) is 22.0 Å². The fraction of sp³-hybridized carbons (Fsp3) is 0.700. The van der Waals surface area contributed by atoms with Crippen molar-refractivity contribution in [1.29, 1.82) is 0 Å². The minimum atomic E-state index is -2.97. The van der Waals surface area contributed by atoms with Crippen molar-refractivity contribution < 1.29 is 8.42 Å². The highest BCUT2D eigenvalue weighted by atomic mass is 32.2. The minimum Gasteiger partial charge on any atom is -0.384 e. The Bertz CT molecular complexity index is 543. The maximum Gasteiger partial charge on any atom is 0.156 e. The van der Waals surface area contributed by atoms with Crippen LogP contribution in [-0.4, -0.2) is 37.0 Å². The maximum atomic E-state index is 11.6. The first-order valence-electron chi connectivity index (χ1n) is 5.84. The molecule has 0 radical (unpaired) electrons. The van der Waals surface area contributed by atoms with Gasteiger partial charge in [0.15, 0.2) is 9.84 Å². The van der Waals surface area contributed by atoms with E-state index in [1.807, 2.05) is 4.68 Å². The molecule has 1 aromatic rings. The molecule has 0 saturated carbocycles. The van der Waals surface area contributed by atoms with Crippen LogP contribution in [0.2, 0.25) is 0 Å². The molecular formula is C10H16N4O2S. The lowest BCUT2D eigenvalue weighted by molar-refractivity contribution is 0.494. The average molecular weight is 256 g/mol. The molecular weight excluding hydrogens is 240 g/mol. The molecule has 1 fully saturated rings. The summed E-state index contributed by atoms with van der Waals surface area (Å²) in [5, 5.41) is 7.66. The SMILES string of the molecule is Nc1c2c(nn1C1CCNC1)CS(=O)(=O)CC2. The van der Waals surface area contributed by atoms with Gasteiger partial charge in [0.05, 0.1) is 23.2 Å². The van der Waals surface area contributed by atoms with Crippen LogP contribution in [0, 0.1) is 0 Å². The lowest BCUT2D eigenvalue weighted by Gasteiger charge is -2.11. The highest BCUT2D eigenvalue weighted by Gasteiger charge is 2.29. The van der Waals surface area contributed by atoms with Crippen molar-refractivity contribution in [2.75, 3.05) is 24.6 Å². The Balaban J connectivity index is 2.00. The molecule has 0 aromatic carbocycles. The fourth-order valence-corrected chi connectivity index (χ4v) is 3.89. The zero-order chi connectivity index (χ0) is 12.0. The number of hydrogen-bond donors (Lipinski definition) is 2. The first-order chi connectivity index (χ1) is 8.07. The smallest absolute Gasteiger partial charge is 0.156 e. The molecule has 17 heavy (non-hydrogen) atoms. The van der Waals surface area contributed by atoms with Crippen molar-refractivity contribution in [3.05, 3.63) is 11.3 Å². The van der Waals surface area contributed by atoms with E-state index in [2.05, 4.69) is 10.4 Å². The fourth-order valence-electron chi connectivity index (χ4n) is 2.58. The van der Waals surface area contributed by atoms with E-state index in [1.54, 1.807) is 0 Å². The van der Waals surface area contributed by atoms with Gasteiger partial charge in [0, 0.05) is 12.1 Å². The van der Waals surface area contributed by atoms with Crippen molar-refractivity contribution in [3.63, 3.8) is 0 Å². The van der Waals surface area contributed by atoms with E-state index in [0.717, 1.165) is 25.1 Å². The summed E-state index contributed by atoms with van der Waals surface area (Å²) in [6.07, 6.45) is 1.50. The van der Waals surface area contributed by atoms with Crippen LogP contribution in [0.1, 0.15) is 23.7 Å². The largest absolute Gasteiger partial charge is 0.384 e. The molecule has 7 heteroatoms. The lowest BCUT2D eigenvalue weighted by Crippen LogP contribution is -2.18. The molecule has 0 amide bonds. The monoisotopic (exact) mass is 256 g/mol. The molecule has 1 atom stereocenters. The molecule has 1 unspecified atom stereocenters. The number of hydrogen-bond acceptors (Lipinski definition) is 5. The first-order valence-corrected chi connectivity index (χ1v) is 7.66. The van der Waals surface area contributed by atoms with E-state index in [9.17, 15) is 8.42 Å². The Hall–Kier alpha value is -1.08. The number of nitrogens with one attached hydrogen (secondary N) is 1. The van der Waals surface area contributed by atoms with Gasteiger partial charge < -0.3 is 11.1 Å². The van der Waals surface area contributed by atoms with Gasteiger partial charge in [-0.3, -0.25) is 0 Å². The van der Waals surface area contributed by atoms with E-state index in [1.165, 1.54) is 0 Å². The van der Waals surface area contributed by atoms with Crippen molar-refractivity contribution in [1.82, 2.24) is 15.1 Å². The topological polar surface area (TPSA) is 90.0 Å². The number of fused-ring (bicyclic) bond motifs is 1. The molecule has 6 nitrogen and oxygen atoms in total. The summed E-state index contributed by atoms with van der Waals surface area (Å²) >= 11 is 0. The van der Waals surface area contributed by atoms with Crippen LogP contribution in [0.4, 0.5) is 5.82 Å². The Labute approximate surface area is 100 Å². The van der Waals surface area contributed by atoms with Crippen LogP contribution in [0.15, 0.2) is 0 Å². The second-order valence-electron chi connectivity index (χ2n) is 4.74. The summed E-state index contributed by atoms with van der Waals surface area (Å²) in [7, 11) is -2.97. The predicted molar refractivity (Wildman–Crippen MR) is 64.4 cm³/mol. The summed E-state index contributed by atoms with van der Waals surface area (Å²) in [5.74, 6) is 0.891. The molecule has 0 aliphatic carbocycles. The van der Waals surface area contributed by atoms with E-state index in [-0.39, 0.29) is 17.5 Å². The summed E-state index contributed by atoms with van der Waals surface area (Å²) in [4.78, 5) is 0. The Kier molecular flexibility index (Phi) is 2.41. The number of nitrogens with zero attached hydrogens (tertiary/aromatic N) is 2. The van der Waals surface area contributed by atoms with Crippen LogP contribution in [0.25, 0.3) is 0 Å². The van der Waals surface area contributed by atoms with E-state index < -0.39 is 9.84 Å². The number of rotatable bonds is 1. The van der Waals surface area contributed by atoms with Gasteiger partial charge in [0.1, 0.15) is 5.82 Å². The second-order valence-corrected chi connectivity index (χ2v) is 6.93. The number of aromatic nitrogens is 2. The third-order valence-corrected chi connectivity index (χ3v) is 5.07. The molecule has 0 spiro atoms. The molecule has 1 aromatic heterocycles. The normalized spacial score (nSPS) is 26.9. The Morgan fingerprint density at radius 2 is 2.29 bits per heavy atom. The zero-order valence-electron chi connectivity index (χ0n) is 9.52. The van der Waals surface area contributed by atoms with E-state index in [4.69, 9.17) is 5.73 Å². The van der Waals surface area contributed by atoms with Gasteiger partial charge in [-0.15, -0.1) is 0 Å². The molecule has 1 saturated heterocycles. The molecule has 3 heterocycles. The van der Waals surface area contributed by atoms with Gasteiger partial charge in [-0.25, -0.2) is 13.1 Å². The van der Waals surface area contributed by atoms with Crippen LogP contribution < -0.4 is 11.1 Å². The standard InChI is InChI=1S/C10H16N4O2S/c11-10-8-2-4-17(15,16)6-9(8)13-14(10)7-1-3-12-5-7/h7,12H,1-6,11H2. The van der Waals surface area contributed by atoms with Crippen LogP contribution in [0.3, 0.4) is 0 Å². The van der Waals surface area contributed by atoms with Crippen LogP contribution in [0.5, 0.6) is 0 Å². The summed E-state index contributed by atoms with van der Waals surface area (Å²) in [5.41, 5.74) is 7.66. The molecule has 3 rings (SSSR count). The second kappa shape index (κ2) is 3.71.